The highest BCUT2D eigenvalue weighted by Crippen LogP contribution is 2.35. The van der Waals surface area contributed by atoms with Gasteiger partial charge in [0.15, 0.2) is 23.2 Å². The van der Waals surface area contributed by atoms with Crippen molar-refractivity contribution in [2.75, 3.05) is 11.9 Å². The van der Waals surface area contributed by atoms with Gasteiger partial charge < -0.3 is 20.9 Å². The van der Waals surface area contributed by atoms with Gasteiger partial charge in [-0.05, 0) is 36.4 Å². The molecule has 0 spiro atoms. The zero-order valence-corrected chi connectivity index (χ0v) is 21.4. The van der Waals surface area contributed by atoms with Crippen LogP contribution in [0.2, 0.25) is 0 Å². The molecular formula is C23H21BrN6O6S. The summed E-state index contributed by atoms with van der Waals surface area (Å²) in [6.07, 6.45) is -0.646. The number of rotatable bonds is 7. The van der Waals surface area contributed by atoms with E-state index in [2.05, 4.69) is 36.2 Å². The number of hydrogen-bond donors (Lipinski definition) is 3. The molecule has 12 nitrogen and oxygen atoms in total. The van der Waals surface area contributed by atoms with Crippen molar-refractivity contribution < 1.29 is 27.2 Å². The van der Waals surface area contributed by atoms with Crippen molar-refractivity contribution in [3.63, 3.8) is 0 Å². The number of halogens is 1. The molecule has 1 saturated heterocycles. The van der Waals surface area contributed by atoms with Gasteiger partial charge in [0.1, 0.15) is 18.5 Å². The summed E-state index contributed by atoms with van der Waals surface area (Å²) >= 11 is 3.27. The highest BCUT2D eigenvalue weighted by atomic mass is 79.9. The topological polar surface area (TPSA) is 172 Å². The van der Waals surface area contributed by atoms with E-state index in [4.69, 9.17) is 14.7 Å². The minimum absolute atomic E-state index is 0.0715. The Balaban J connectivity index is 1.48. The molecule has 4 aromatic rings. The Bertz CT molecular complexity index is 1530. The third kappa shape index (κ3) is 4.99. The van der Waals surface area contributed by atoms with Gasteiger partial charge in [-0.25, -0.2) is 15.0 Å². The summed E-state index contributed by atoms with van der Waals surface area (Å²) in [5, 5.41) is 12.5. The standard InChI is InChI=1S/C23H21BrN6O6S/c24-14-6-8-15(9-7-14)37(33,34)36-19-17(25)16(10-31)35-23(19)30-12-28-18-20(26-11-27-21(18)30)29-22(32)13-4-2-1-3-5-13/h1-9,11-12,16-17,19,23,31H,10,25H2,(H,26,27,29,32)/t16-,17-,19-,23-/m1/s1. The fourth-order valence-corrected chi connectivity index (χ4v) is 5.31. The number of nitrogens with one attached hydrogen (secondary N) is 1. The molecule has 2 aromatic carbocycles. The molecule has 1 fully saturated rings. The number of aliphatic hydroxyl groups excluding tert-OH is 1. The minimum Gasteiger partial charge on any atom is -0.394 e. The Morgan fingerprint density at radius 2 is 1.86 bits per heavy atom. The molecule has 4 N–H and O–H groups in total. The van der Waals surface area contributed by atoms with E-state index in [0.29, 0.717) is 10.0 Å². The maximum absolute atomic E-state index is 13.0. The predicted octanol–water partition coefficient (Wildman–Crippen LogP) is 1.83. The first-order chi connectivity index (χ1) is 17.8. The minimum atomic E-state index is -4.24. The van der Waals surface area contributed by atoms with Gasteiger partial charge in [-0.3, -0.25) is 13.5 Å². The van der Waals surface area contributed by atoms with Gasteiger partial charge in [0, 0.05) is 10.0 Å². The number of aliphatic hydroxyl groups is 1. The molecular weight excluding hydrogens is 568 g/mol. The lowest BCUT2D eigenvalue weighted by molar-refractivity contribution is -0.0432. The molecule has 5 rings (SSSR count). The first-order valence-corrected chi connectivity index (χ1v) is 13.2. The second kappa shape index (κ2) is 10.2. The number of hydrogen-bond acceptors (Lipinski definition) is 10. The Morgan fingerprint density at radius 3 is 2.57 bits per heavy atom. The third-order valence-corrected chi connectivity index (χ3v) is 7.68. The van der Waals surface area contributed by atoms with Crippen LogP contribution in [-0.4, -0.2) is 63.8 Å². The van der Waals surface area contributed by atoms with Gasteiger partial charge in [-0.1, -0.05) is 34.1 Å². The van der Waals surface area contributed by atoms with Crippen molar-refractivity contribution in [3.05, 3.63) is 77.3 Å². The number of imidazole rings is 1. The summed E-state index contributed by atoms with van der Waals surface area (Å²) in [6.45, 7) is -0.462. The van der Waals surface area contributed by atoms with Crippen LogP contribution in [0.5, 0.6) is 0 Å². The lowest BCUT2D eigenvalue weighted by atomic mass is 10.1. The number of aromatic nitrogens is 4. The molecule has 1 amide bonds. The first kappa shape index (κ1) is 25.4. The van der Waals surface area contributed by atoms with Crippen LogP contribution < -0.4 is 11.1 Å². The molecule has 0 unspecified atom stereocenters. The Labute approximate surface area is 219 Å². The highest BCUT2D eigenvalue weighted by Gasteiger charge is 2.47. The van der Waals surface area contributed by atoms with Crippen molar-refractivity contribution in [1.82, 2.24) is 19.5 Å². The van der Waals surface area contributed by atoms with Crippen LogP contribution in [0.15, 0.2) is 76.6 Å². The summed E-state index contributed by atoms with van der Waals surface area (Å²) in [5.41, 5.74) is 7.15. The molecule has 0 bridgehead atoms. The third-order valence-electron chi connectivity index (χ3n) is 5.82. The van der Waals surface area contributed by atoms with Crippen molar-refractivity contribution in [1.29, 1.82) is 0 Å². The number of carbonyl (C=O) groups excluding carboxylic acids is 1. The number of ether oxygens (including phenoxy) is 1. The number of benzene rings is 2. The lowest BCUT2D eigenvalue weighted by Gasteiger charge is -2.22. The maximum atomic E-state index is 13.0. The molecule has 3 heterocycles. The Morgan fingerprint density at radius 1 is 1.14 bits per heavy atom. The molecule has 0 saturated carbocycles. The van der Waals surface area contributed by atoms with Crippen LogP contribution >= 0.6 is 15.9 Å². The summed E-state index contributed by atoms with van der Waals surface area (Å²) in [5.74, 6) is -0.241. The second-order valence-corrected chi connectivity index (χ2v) is 10.6. The van der Waals surface area contributed by atoms with E-state index < -0.39 is 47.1 Å². The van der Waals surface area contributed by atoms with E-state index in [1.54, 1.807) is 42.5 Å². The van der Waals surface area contributed by atoms with E-state index >= 15 is 0 Å². The molecule has 37 heavy (non-hydrogen) atoms. The molecule has 0 radical (unpaired) electrons. The van der Waals surface area contributed by atoms with Crippen LogP contribution in [0, 0.1) is 0 Å². The number of fused-ring (bicyclic) bond motifs is 1. The molecule has 2 aromatic heterocycles. The largest absolute Gasteiger partial charge is 0.394 e. The van der Waals surface area contributed by atoms with Gasteiger partial charge >= 0.3 is 0 Å². The Kier molecular flexibility index (Phi) is 7.02. The summed E-state index contributed by atoms with van der Waals surface area (Å²) < 4.78 is 39.6. The lowest BCUT2D eigenvalue weighted by Crippen LogP contribution is -2.43. The molecule has 1 aliphatic rings. The van der Waals surface area contributed by atoms with E-state index in [1.807, 2.05) is 0 Å². The van der Waals surface area contributed by atoms with E-state index in [-0.39, 0.29) is 21.9 Å². The summed E-state index contributed by atoms with van der Waals surface area (Å²) in [7, 11) is -4.24. The van der Waals surface area contributed by atoms with Gasteiger partial charge in [0.2, 0.25) is 0 Å². The quantitative estimate of drug-likeness (QED) is 0.270. The number of carbonyl (C=O) groups is 1. The molecule has 0 aliphatic carbocycles. The van der Waals surface area contributed by atoms with Crippen molar-refractivity contribution in [3.8, 4) is 0 Å². The average molecular weight is 589 g/mol. The van der Waals surface area contributed by atoms with Gasteiger partial charge in [-0.15, -0.1) is 0 Å². The summed E-state index contributed by atoms with van der Waals surface area (Å²) in [4.78, 5) is 25.3. The maximum Gasteiger partial charge on any atom is 0.297 e. The monoisotopic (exact) mass is 588 g/mol. The van der Waals surface area contributed by atoms with Gasteiger partial charge in [0.05, 0.1) is 23.9 Å². The number of anilines is 1. The number of nitrogens with two attached hydrogens (primary N) is 1. The zero-order chi connectivity index (χ0) is 26.2. The van der Waals surface area contributed by atoms with E-state index in [1.165, 1.54) is 29.4 Å². The summed E-state index contributed by atoms with van der Waals surface area (Å²) in [6, 6.07) is 13.5. The smallest absolute Gasteiger partial charge is 0.297 e. The molecule has 192 valence electrons. The highest BCUT2D eigenvalue weighted by molar-refractivity contribution is 9.10. The van der Waals surface area contributed by atoms with Crippen LogP contribution in [0.3, 0.4) is 0 Å². The normalized spacial score (nSPS) is 21.8. The van der Waals surface area contributed by atoms with Crippen molar-refractivity contribution in [2.45, 2.75) is 29.4 Å². The first-order valence-electron chi connectivity index (χ1n) is 11.0. The fourth-order valence-electron chi connectivity index (χ4n) is 3.95. The van der Waals surface area contributed by atoms with E-state index in [9.17, 15) is 18.3 Å². The molecule has 4 atom stereocenters. The van der Waals surface area contributed by atoms with Crippen LogP contribution in [0.4, 0.5) is 5.82 Å². The Hall–Kier alpha value is -3.27. The number of nitrogens with zero attached hydrogens (tertiary/aromatic N) is 4. The average Bonchev–Trinajstić information content (AvgIpc) is 3.46. The molecule has 1 aliphatic heterocycles. The SMILES string of the molecule is N[C@H]1[C@@H](OS(=O)(=O)c2ccc(Br)cc2)[C@H](n2cnc3c(NC(=O)c4ccccc4)ncnc32)O[C@@H]1CO. The van der Waals surface area contributed by atoms with E-state index in [0.717, 1.165) is 0 Å². The van der Waals surface area contributed by atoms with Gasteiger partial charge in [-0.2, -0.15) is 8.42 Å². The number of amides is 1. The molecule has 14 heteroatoms. The fraction of sp³-hybridized carbons (Fsp3) is 0.217. The van der Waals surface area contributed by atoms with Gasteiger partial charge in [0.25, 0.3) is 16.0 Å². The second-order valence-electron chi connectivity index (χ2n) is 8.16. The zero-order valence-electron chi connectivity index (χ0n) is 19.0. The predicted molar refractivity (Wildman–Crippen MR) is 135 cm³/mol. The van der Waals surface area contributed by atoms with Crippen LogP contribution in [-0.2, 0) is 19.0 Å². The van der Waals surface area contributed by atoms with Crippen molar-refractivity contribution in [2.24, 2.45) is 5.73 Å². The van der Waals surface area contributed by atoms with Crippen LogP contribution in [0.1, 0.15) is 16.6 Å². The van der Waals surface area contributed by atoms with Crippen molar-refractivity contribution >= 4 is 48.9 Å². The van der Waals surface area contributed by atoms with Crippen LogP contribution in [0.25, 0.3) is 11.2 Å².